The van der Waals surface area contributed by atoms with Crippen LogP contribution >= 0.6 is 0 Å². The summed E-state index contributed by atoms with van der Waals surface area (Å²) in [6.07, 6.45) is 3.08. The van der Waals surface area contributed by atoms with Gasteiger partial charge in [0.15, 0.2) is 11.6 Å². The number of rotatable bonds is 8. The zero-order valence-electron chi connectivity index (χ0n) is 11.6. The fourth-order valence-corrected chi connectivity index (χ4v) is 2.09. The van der Waals surface area contributed by atoms with Gasteiger partial charge in [0.2, 0.25) is 0 Å². The van der Waals surface area contributed by atoms with E-state index in [0.717, 1.165) is 12.8 Å². The van der Waals surface area contributed by atoms with Gasteiger partial charge in [-0.25, -0.2) is 4.39 Å². The molecule has 2 N–H and O–H groups in total. The van der Waals surface area contributed by atoms with Crippen LogP contribution in [0, 0.1) is 5.82 Å². The third-order valence-electron chi connectivity index (χ3n) is 3.49. The predicted octanol–water partition coefficient (Wildman–Crippen LogP) is 2.58. The molecule has 20 heavy (non-hydrogen) atoms. The molecule has 1 aromatic carbocycles. The van der Waals surface area contributed by atoms with E-state index in [9.17, 15) is 14.3 Å². The predicted molar refractivity (Wildman–Crippen MR) is 73.3 cm³/mol. The first kappa shape index (κ1) is 14.8. The minimum absolute atomic E-state index is 0.208. The van der Waals surface area contributed by atoms with Crippen molar-refractivity contribution in [2.24, 2.45) is 0 Å². The van der Waals surface area contributed by atoms with Crippen molar-refractivity contribution in [3.05, 3.63) is 30.1 Å². The van der Waals surface area contributed by atoms with Crippen LogP contribution in [0.3, 0.4) is 0 Å². The van der Waals surface area contributed by atoms with Crippen LogP contribution in [0.1, 0.15) is 32.6 Å². The first-order valence-electron chi connectivity index (χ1n) is 6.90. The molecule has 2 rings (SSSR count). The SMILES string of the molecule is CC(CCCOc1ccccc1F)(NC1CC1)C(=O)O. The monoisotopic (exact) mass is 281 g/mol. The largest absolute Gasteiger partial charge is 0.491 e. The van der Waals surface area contributed by atoms with Crippen molar-refractivity contribution in [3.63, 3.8) is 0 Å². The van der Waals surface area contributed by atoms with E-state index in [4.69, 9.17) is 4.74 Å². The van der Waals surface area contributed by atoms with Gasteiger partial charge in [-0.3, -0.25) is 10.1 Å². The number of carboxylic acids is 1. The quantitative estimate of drug-likeness (QED) is 0.719. The Labute approximate surface area is 117 Å². The van der Waals surface area contributed by atoms with Gasteiger partial charge in [-0.1, -0.05) is 12.1 Å². The minimum Gasteiger partial charge on any atom is -0.491 e. The lowest BCUT2D eigenvalue weighted by Crippen LogP contribution is -2.50. The van der Waals surface area contributed by atoms with Crippen LogP contribution in [-0.2, 0) is 4.79 Å². The molecule has 0 aromatic heterocycles. The van der Waals surface area contributed by atoms with Crippen LogP contribution in [0.25, 0.3) is 0 Å². The highest BCUT2D eigenvalue weighted by molar-refractivity contribution is 5.78. The summed E-state index contributed by atoms with van der Waals surface area (Å²) in [6.45, 7) is 1.99. The van der Waals surface area contributed by atoms with E-state index in [1.807, 2.05) is 0 Å². The molecule has 0 bridgehead atoms. The van der Waals surface area contributed by atoms with Gasteiger partial charge >= 0.3 is 5.97 Å². The molecule has 0 radical (unpaired) electrons. The number of aliphatic carboxylic acids is 1. The molecule has 1 aromatic rings. The summed E-state index contributed by atoms with van der Waals surface area (Å²) in [7, 11) is 0. The van der Waals surface area contributed by atoms with Crippen LogP contribution in [0.2, 0.25) is 0 Å². The number of para-hydroxylation sites is 1. The topological polar surface area (TPSA) is 58.6 Å². The first-order valence-corrected chi connectivity index (χ1v) is 6.90. The Morgan fingerprint density at radius 1 is 1.50 bits per heavy atom. The van der Waals surface area contributed by atoms with E-state index in [0.29, 0.717) is 25.5 Å². The number of halogens is 1. The molecule has 0 aliphatic heterocycles. The van der Waals surface area contributed by atoms with Crippen molar-refractivity contribution < 1.29 is 19.0 Å². The number of benzene rings is 1. The average Bonchev–Trinajstić information content (AvgIpc) is 3.20. The Bertz CT molecular complexity index is 476. The number of carbonyl (C=O) groups is 1. The Morgan fingerprint density at radius 2 is 2.20 bits per heavy atom. The van der Waals surface area contributed by atoms with Crippen molar-refractivity contribution in [2.75, 3.05) is 6.61 Å². The highest BCUT2D eigenvalue weighted by atomic mass is 19.1. The number of hydrogen-bond donors (Lipinski definition) is 2. The fourth-order valence-electron chi connectivity index (χ4n) is 2.09. The molecule has 1 fully saturated rings. The maximum atomic E-state index is 13.3. The molecule has 1 unspecified atom stereocenters. The maximum Gasteiger partial charge on any atom is 0.323 e. The second-order valence-electron chi connectivity index (χ2n) is 5.44. The standard InChI is InChI=1S/C15H20FNO3/c1-15(14(18)19,17-11-7-8-11)9-4-10-20-13-6-3-2-5-12(13)16/h2-3,5-6,11,17H,4,7-10H2,1H3,(H,18,19). The third kappa shape index (κ3) is 3.93. The number of nitrogens with one attached hydrogen (secondary N) is 1. The summed E-state index contributed by atoms with van der Waals surface area (Å²) in [5.41, 5.74) is -0.931. The second kappa shape index (κ2) is 6.22. The van der Waals surface area contributed by atoms with Crippen molar-refractivity contribution in [1.82, 2.24) is 5.32 Å². The van der Waals surface area contributed by atoms with Crippen molar-refractivity contribution in [1.29, 1.82) is 0 Å². The lowest BCUT2D eigenvalue weighted by atomic mass is 9.96. The highest BCUT2D eigenvalue weighted by Crippen LogP contribution is 2.25. The Hall–Kier alpha value is -1.62. The molecule has 0 saturated heterocycles. The molecule has 1 atom stereocenters. The van der Waals surface area contributed by atoms with E-state index in [1.165, 1.54) is 6.07 Å². The summed E-state index contributed by atoms with van der Waals surface area (Å²) in [5, 5.41) is 12.5. The minimum atomic E-state index is -0.931. The van der Waals surface area contributed by atoms with Crippen molar-refractivity contribution >= 4 is 5.97 Å². The van der Waals surface area contributed by atoms with Gasteiger partial charge < -0.3 is 9.84 Å². The normalized spacial score (nSPS) is 17.5. The van der Waals surface area contributed by atoms with Gasteiger partial charge in [0.1, 0.15) is 5.54 Å². The summed E-state index contributed by atoms with van der Waals surface area (Å²) in [4.78, 5) is 11.3. The van der Waals surface area contributed by atoms with Crippen molar-refractivity contribution in [3.8, 4) is 5.75 Å². The molecule has 4 nitrogen and oxygen atoms in total. The molecule has 0 amide bonds. The van der Waals surface area contributed by atoms with Crippen LogP contribution < -0.4 is 10.1 Å². The zero-order chi connectivity index (χ0) is 14.6. The third-order valence-corrected chi connectivity index (χ3v) is 3.49. The van der Waals surface area contributed by atoms with Gasteiger partial charge in [-0.05, 0) is 44.7 Å². The van der Waals surface area contributed by atoms with Gasteiger partial charge in [-0.15, -0.1) is 0 Å². The Balaban J connectivity index is 1.78. The highest BCUT2D eigenvalue weighted by Gasteiger charge is 2.37. The van der Waals surface area contributed by atoms with E-state index < -0.39 is 17.3 Å². The molecule has 1 saturated carbocycles. The van der Waals surface area contributed by atoms with E-state index >= 15 is 0 Å². The van der Waals surface area contributed by atoms with Crippen LogP contribution in [0.4, 0.5) is 4.39 Å². The molecule has 0 heterocycles. The summed E-state index contributed by atoms with van der Waals surface area (Å²) >= 11 is 0. The summed E-state index contributed by atoms with van der Waals surface area (Å²) < 4.78 is 18.7. The maximum absolute atomic E-state index is 13.3. The van der Waals surface area contributed by atoms with Gasteiger partial charge in [-0.2, -0.15) is 0 Å². The molecular formula is C15H20FNO3. The van der Waals surface area contributed by atoms with E-state index in [1.54, 1.807) is 25.1 Å². The van der Waals surface area contributed by atoms with Crippen LogP contribution in [0.15, 0.2) is 24.3 Å². The second-order valence-corrected chi connectivity index (χ2v) is 5.44. The lowest BCUT2D eigenvalue weighted by Gasteiger charge is -2.26. The zero-order valence-corrected chi connectivity index (χ0v) is 11.6. The molecule has 1 aliphatic rings. The van der Waals surface area contributed by atoms with Crippen LogP contribution in [0.5, 0.6) is 5.75 Å². The van der Waals surface area contributed by atoms with Crippen molar-refractivity contribution in [2.45, 2.75) is 44.2 Å². The molecule has 1 aliphatic carbocycles. The summed E-state index contributed by atoms with van der Waals surface area (Å²) in [5.74, 6) is -1.04. The van der Waals surface area contributed by atoms with E-state index in [-0.39, 0.29) is 5.75 Å². The molecule has 110 valence electrons. The van der Waals surface area contributed by atoms with Gasteiger partial charge in [0, 0.05) is 6.04 Å². The Morgan fingerprint density at radius 3 is 2.80 bits per heavy atom. The lowest BCUT2D eigenvalue weighted by molar-refractivity contribution is -0.144. The number of ether oxygens (including phenoxy) is 1. The average molecular weight is 281 g/mol. The molecule has 0 spiro atoms. The van der Waals surface area contributed by atoms with Gasteiger partial charge in [0.05, 0.1) is 6.61 Å². The van der Waals surface area contributed by atoms with Crippen LogP contribution in [-0.4, -0.2) is 29.3 Å². The van der Waals surface area contributed by atoms with E-state index in [2.05, 4.69) is 5.32 Å². The van der Waals surface area contributed by atoms with Gasteiger partial charge in [0.25, 0.3) is 0 Å². The fraction of sp³-hybridized carbons (Fsp3) is 0.533. The molecular weight excluding hydrogens is 261 g/mol. The first-order chi connectivity index (χ1) is 9.51. The number of carboxylic acid groups (broad SMARTS) is 1. The number of hydrogen-bond acceptors (Lipinski definition) is 3. The Kier molecular flexibility index (Phi) is 4.60. The smallest absolute Gasteiger partial charge is 0.323 e. The molecule has 5 heteroatoms. The summed E-state index contributed by atoms with van der Waals surface area (Å²) in [6, 6.07) is 6.53.